The lowest BCUT2D eigenvalue weighted by atomic mass is 10.1. The summed E-state index contributed by atoms with van der Waals surface area (Å²) in [4.78, 5) is 37.6. The van der Waals surface area contributed by atoms with Crippen molar-refractivity contribution in [2.75, 3.05) is 18.7 Å². The maximum Gasteiger partial charge on any atom is 0.326 e. The minimum Gasteiger partial charge on any atom is -0.464 e. The summed E-state index contributed by atoms with van der Waals surface area (Å²) in [5.41, 5.74) is 5.56. The molecule has 0 bridgehead atoms. The molecule has 2 aromatic rings. The first kappa shape index (κ1) is 31.6. The van der Waals surface area contributed by atoms with Gasteiger partial charge in [-0.3, -0.25) is 14.2 Å². The molecule has 14 heteroatoms. The molecule has 0 aromatic carbocycles. The lowest BCUT2D eigenvalue weighted by Crippen LogP contribution is -2.50. The minimum absolute atomic E-state index is 0.270. The number of carbonyl (C=O) groups excluding carboxylic acids is 2. The number of unbranched alkanes of at least 4 members (excludes halogenated alkanes) is 2. The maximum atomic E-state index is 14.1. The van der Waals surface area contributed by atoms with Gasteiger partial charge in [-0.15, -0.1) is 0 Å². The van der Waals surface area contributed by atoms with Gasteiger partial charge in [0.2, 0.25) is 7.44 Å². The van der Waals surface area contributed by atoms with E-state index in [0.717, 1.165) is 19.3 Å². The molecule has 2 aromatic heterocycles. The van der Waals surface area contributed by atoms with Crippen LogP contribution in [0, 0.1) is 0 Å². The Labute approximate surface area is 224 Å². The quantitative estimate of drug-likeness (QED) is 0.157. The Kier molecular flexibility index (Phi) is 11.6. The zero-order valence-corrected chi connectivity index (χ0v) is 24.3. The van der Waals surface area contributed by atoms with Crippen LogP contribution in [0.25, 0.3) is 11.2 Å². The fourth-order valence-corrected chi connectivity index (χ4v) is 5.98. The molecular formula is C24H42N7O6P. The number of esters is 2. The third kappa shape index (κ3) is 9.30. The molecule has 13 nitrogen and oxygen atoms in total. The highest BCUT2D eigenvalue weighted by molar-refractivity contribution is 7.59. The van der Waals surface area contributed by atoms with Crippen molar-refractivity contribution >= 4 is 36.4 Å². The predicted molar refractivity (Wildman–Crippen MR) is 144 cm³/mol. The summed E-state index contributed by atoms with van der Waals surface area (Å²) in [6.45, 7) is 12.6. The Bertz CT molecular complexity index is 1120. The Morgan fingerprint density at radius 2 is 1.87 bits per heavy atom. The van der Waals surface area contributed by atoms with Crippen LogP contribution >= 0.6 is 7.44 Å². The number of aromatic nitrogens is 4. The van der Waals surface area contributed by atoms with E-state index < -0.39 is 37.1 Å². The van der Waals surface area contributed by atoms with Crippen molar-refractivity contribution in [1.82, 2.24) is 29.7 Å². The molecule has 0 aliphatic heterocycles. The van der Waals surface area contributed by atoms with E-state index in [9.17, 15) is 14.2 Å². The van der Waals surface area contributed by atoms with E-state index in [0.29, 0.717) is 17.7 Å². The van der Waals surface area contributed by atoms with Crippen LogP contribution in [0.1, 0.15) is 67.7 Å². The van der Waals surface area contributed by atoms with Crippen molar-refractivity contribution in [3.63, 3.8) is 0 Å². The first-order chi connectivity index (χ1) is 17.8. The van der Waals surface area contributed by atoms with E-state index in [4.69, 9.17) is 19.9 Å². The average Bonchev–Trinajstić information content (AvgIpc) is 3.23. The lowest BCUT2D eigenvalue weighted by molar-refractivity contribution is -0.149. The second-order valence-corrected chi connectivity index (χ2v) is 12.3. The number of nitrogens with zero attached hydrogens (tertiary/aromatic N) is 4. The number of fused-ring (bicyclic) bond motifs is 1. The van der Waals surface area contributed by atoms with Gasteiger partial charge >= 0.3 is 11.9 Å². The summed E-state index contributed by atoms with van der Waals surface area (Å²) >= 11 is 0. The zero-order chi connectivity index (χ0) is 28.5. The zero-order valence-electron chi connectivity index (χ0n) is 23.4. The largest absolute Gasteiger partial charge is 0.464 e. The predicted octanol–water partition coefficient (Wildman–Crippen LogP) is 3.00. The fourth-order valence-electron chi connectivity index (χ4n) is 3.59. The SMILES string of the molecule is CCCCCOC(=O)C(C)(C)NP(=O)(COC(C)Cn1cnc2c(N)ncnc21)NC(C)C(=O)OC(C)C. The molecule has 3 atom stereocenters. The second kappa shape index (κ2) is 14.0. The van der Waals surface area contributed by atoms with E-state index in [2.05, 4.69) is 32.1 Å². The molecule has 3 unspecified atom stereocenters. The Morgan fingerprint density at radius 1 is 1.16 bits per heavy atom. The molecule has 2 heterocycles. The van der Waals surface area contributed by atoms with Crippen molar-refractivity contribution in [3.8, 4) is 0 Å². The molecule has 4 N–H and O–H groups in total. The van der Waals surface area contributed by atoms with E-state index in [1.54, 1.807) is 52.4 Å². The lowest BCUT2D eigenvalue weighted by Gasteiger charge is -2.32. The maximum absolute atomic E-state index is 14.1. The van der Waals surface area contributed by atoms with Crippen LogP contribution < -0.4 is 15.9 Å². The number of rotatable bonds is 16. The van der Waals surface area contributed by atoms with Crippen molar-refractivity contribution in [2.45, 2.75) is 98.1 Å². The normalized spacial score (nSPS) is 15.3. The van der Waals surface area contributed by atoms with Crippen LogP contribution in [-0.2, 0) is 34.9 Å². The number of anilines is 1. The number of hydrogen-bond donors (Lipinski definition) is 3. The summed E-state index contributed by atoms with van der Waals surface area (Å²) in [6.07, 6.45) is 4.50. The van der Waals surface area contributed by atoms with Gasteiger partial charge in [-0.2, -0.15) is 0 Å². The molecule has 0 amide bonds. The van der Waals surface area contributed by atoms with Crippen LogP contribution in [0.4, 0.5) is 5.82 Å². The van der Waals surface area contributed by atoms with Gasteiger partial charge in [-0.05, 0) is 48.0 Å². The molecular weight excluding hydrogens is 513 g/mol. The van der Waals surface area contributed by atoms with Crippen molar-refractivity contribution in [1.29, 1.82) is 0 Å². The van der Waals surface area contributed by atoms with Crippen molar-refractivity contribution < 1.29 is 28.4 Å². The van der Waals surface area contributed by atoms with E-state index in [-0.39, 0.29) is 24.9 Å². The van der Waals surface area contributed by atoms with Crippen LogP contribution in [-0.4, -0.2) is 68.2 Å². The number of nitrogens with two attached hydrogens (primary N) is 1. The summed E-state index contributed by atoms with van der Waals surface area (Å²) in [5.74, 6) is -0.855. The monoisotopic (exact) mass is 555 g/mol. The van der Waals surface area contributed by atoms with E-state index in [1.165, 1.54) is 6.33 Å². The van der Waals surface area contributed by atoms with E-state index >= 15 is 0 Å². The highest BCUT2D eigenvalue weighted by Gasteiger charge is 2.39. The first-order valence-electron chi connectivity index (χ1n) is 12.8. The third-order valence-corrected chi connectivity index (χ3v) is 7.72. The minimum atomic E-state index is -3.69. The fraction of sp³-hybridized carbons (Fsp3) is 0.708. The van der Waals surface area contributed by atoms with Crippen LogP contribution in [0.3, 0.4) is 0 Å². The first-order valence-corrected chi connectivity index (χ1v) is 14.7. The molecule has 2 rings (SSSR count). The molecule has 214 valence electrons. The smallest absolute Gasteiger partial charge is 0.326 e. The average molecular weight is 556 g/mol. The number of nitrogens with one attached hydrogen (secondary N) is 2. The van der Waals surface area contributed by atoms with Gasteiger partial charge in [-0.25, -0.2) is 25.1 Å². The molecule has 38 heavy (non-hydrogen) atoms. The van der Waals surface area contributed by atoms with Gasteiger partial charge < -0.3 is 24.5 Å². The van der Waals surface area contributed by atoms with E-state index in [1.807, 2.05) is 0 Å². The molecule has 0 saturated carbocycles. The number of carbonyl (C=O) groups is 2. The van der Waals surface area contributed by atoms with Gasteiger partial charge in [-0.1, -0.05) is 19.8 Å². The highest BCUT2D eigenvalue weighted by Crippen LogP contribution is 2.40. The van der Waals surface area contributed by atoms with Gasteiger partial charge in [0, 0.05) is 0 Å². The standard InChI is InChI=1S/C24H42N7O6P/c1-8-9-10-11-35-23(33)24(6,7)30-38(34,29-18(5)22(32)37-16(2)3)15-36-17(4)12-31-14-28-19-20(25)26-13-27-21(19)31/h13-14,16-18H,8-12,15H2,1-7H3,(H2,25,26,27)(H2,29,30,34). The number of nitrogen functional groups attached to an aromatic ring is 1. The molecule has 0 radical (unpaired) electrons. The topological polar surface area (TPSA) is 173 Å². The molecule has 0 saturated heterocycles. The number of ether oxygens (including phenoxy) is 3. The molecule has 0 spiro atoms. The number of hydrogen-bond acceptors (Lipinski definition) is 10. The van der Waals surface area contributed by atoms with Gasteiger partial charge in [0.25, 0.3) is 0 Å². The van der Waals surface area contributed by atoms with Gasteiger partial charge in [0.1, 0.15) is 29.8 Å². The highest BCUT2D eigenvalue weighted by atomic mass is 31.2. The van der Waals surface area contributed by atoms with Crippen LogP contribution in [0.5, 0.6) is 0 Å². The van der Waals surface area contributed by atoms with Gasteiger partial charge in [0.05, 0.1) is 31.7 Å². The van der Waals surface area contributed by atoms with Crippen molar-refractivity contribution in [2.24, 2.45) is 0 Å². The Morgan fingerprint density at radius 3 is 2.53 bits per heavy atom. The molecule has 0 aliphatic rings. The van der Waals surface area contributed by atoms with Crippen LogP contribution in [0.15, 0.2) is 12.7 Å². The Balaban J connectivity index is 2.14. The second-order valence-electron chi connectivity index (χ2n) is 10.1. The van der Waals surface area contributed by atoms with Crippen molar-refractivity contribution in [3.05, 3.63) is 12.7 Å². The number of imidazole rings is 1. The van der Waals surface area contributed by atoms with Gasteiger partial charge in [0.15, 0.2) is 11.5 Å². The molecule has 0 aliphatic carbocycles. The summed E-state index contributed by atoms with van der Waals surface area (Å²) < 4.78 is 32.4. The van der Waals surface area contributed by atoms with Crippen LogP contribution in [0.2, 0.25) is 0 Å². The summed E-state index contributed by atoms with van der Waals surface area (Å²) in [5, 5.41) is 5.70. The third-order valence-electron chi connectivity index (χ3n) is 5.48. The summed E-state index contributed by atoms with van der Waals surface area (Å²) in [7, 11) is -3.69. The molecule has 0 fully saturated rings. The summed E-state index contributed by atoms with van der Waals surface area (Å²) in [6, 6.07) is -0.928. The Hall–Kier alpha value is -2.60.